The highest BCUT2D eigenvalue weighted by Crippen LogP contribution is 2.19. The highest BCUT2D eigenvalue weighted by Gasteiger charge is 2.16. The topological polar surface area (TPSA) is 62.1 Å². The lowest BCUT2D eigenvalue weighted by Crippen LogP contribution is -2.33. The van der Waals surface area contributed by atoms with Gasteiger partial charge in [0.2, 0.25) is 5.91 Å². The van der Waals surface area contributed by atoms with Crippen LogP contribution in [0.25, 0.3) is 0 Å². The molecule has 0 spiro atoms. The van der Waals surface area contributed by atoms with Gasteiger partial charge in [0, 0.05) is 6.54 Å². The average molecular weight is 252 g/mol. The molecule has 4 nitrogen and oxygen atoms in total. The van der Waals surface area contributed by atoms with Crippen molar-refractivity contribution in [2.24, 2.45) is 5.92 Å². The molecule has 1 N–H and O–H groups in total. The Balaban J connectivity index is 2.09. The second kappa shape index (κ2) is 8.93. The van der Waals surface area contributed by atoms with Gasteiger partial charge in [-0.25, -0.2) is 0 Å². The second-order valence-corrected chi connectivity index (χ2v) is 4.89. The molecule has 0 aromatic heterocycles. The van der Waals surface area contributed by atoms with Crippen LogP contribution in [0, 0.1) is 17.2 Å². The third-order valence-corrected chi connectivity index (χ3v) is 3.36. The van der Waals surface area contributed by atoms with Crippen LogP contribution in [0.4, 0.5) is 0 Å². The molecule has 0 radical (unpaired) electrons. The Hall–Kier alpha value is -1.08. The van der Waals surface area contributed by atoms with E-state index >= 15 is 0 Å². The zero-order chi connectivity index (χ0) is 13.2. The van der Waals surface area contributed by atoms with Crippen LogP contribution >= 0.6 is 0 Å². The fourth-order valence-corrected chi connectivity index (χ4v) is 2.30. The SMILES string of the molecule is CCCC(C#N)C(=O)NCCOC1CCCCC1. The molecule has 1 fully saturated rings. The van der Waals surface area contributed by atoms with Gasteiger partial charge in [-0.3, -0.25) is 4.79 Å². The van der Waals surface area contributed by atoms with E-state index in [9.17, 15) is 4.79 Å². The Labute approximate surface area is 110 Å². The maximum Gasteiger partial charge on any atom is 0.237 e. The first kappa shape index (κ1) is 15.0. The van der Waals surface area contributed by atoms with Crippen molar-refractivity contribution in [3.05, 3.63) is 0 Å². The minimum absolute atomic E-state index is 0.161. The molecule has 0 saturated heterocycles. The van der Waals surface area contributed by atoms with E-state index in [-0.39, 0.29) is 5.91 Å². The first-order valence-electron chi connectivity index (χ1n) is 7.06. The molecule has 1 atom stereocenters. The van der Waals surface area contributed by atoms with Crippen LogP contribution in [0.1, 0.15) is 51.9 Å². The van der Waals surface area contributed by atoms with Gasteiger partial charge >= 0.3 is 0 Å². The van der Waals surface area contributed by atoms with Crippen LogP contribution in [0.5, 0.6) is 0 Å². The van der Waals surface area contributed by atoms with Gasteiger partial charge < -0.3 is 10.1 Å². The standard InChI is InChI=1S/C14H24N2O2/c1-2-6-12(11-15)14(17)16-9-10-18-13-7-4-3-5-8-13/h12-13H,2-10H2,1H3,(H,16,17). The number of hydrogen-bond donors (Lipinski definition) is 1. The van der Waals surface area contributed by atoms with Crippen molar-refractivity contribution in [1.82, 2.24) is 5.32 Å². The first-order valence-corrected chi connectivity index (χ1v) is 7.06. The number of amides is 1. The molecule has 0 aliphatic heterocycles. The van der Waals surface area contributed by atoms with Gasteiger partial charge in [0.25, 0.3) is 0 Å². The molecular formula is C14H24N2O2. The Morgan fingerprint density at radius 1 is 1.44 bits per heavy atom. The van der Waals surface area contributed by atoms with Crippen LogP contribution < -0.4 is 5.32 Å². The van der Waals surface area contributed by atoms with Crippen molar-refractivity contribution < 1.29 is 9.53 Å². The van der Waals surface area contributed by atoms with Gasteiger partial charge in [-0.2, -0.15) is 5.26 Å². The lowest BCUT2D eigenvalue weighted by molar-refractivity contribution is -0.123. The zero-order valence-corrected chi connectivity index (χ0v) is 11.3. The van der Waals surface area contributed by atoms with E-state index in [2.05, 4.69) is 5.32 Å². The molecule has 1 amide bonds. The zero-order valence-electron chi connectivity index (χ0n) is 11.3. The molecule has 102 valence electrons. The van der Waals surface area contributed by atoms with Crippen molar-refractivity contribution in [3.63, 3.8) is 0 Å². The van der Waals surface area contributed by atoms with Gasteiger partial charge in [-0.15, -0.1) is 0 Å². The molecule has 1 saturated carbocycles. The predicted molar refractivity (Wildman–Crippen MR) is 69.8 cm³/mol. The normalized spacial score (nSPS) is 18.0. The molecule has 1 aliphatic carbocycles. The third-order valence-electron chi connectivity index (χ3n) is 3.36. The Morgan fingerprint density at radius 2 is 2.17 bits per heavy atom. The fourth-order valence-electron chi connectivity index (χ4n) is 2.30. The summed E-state index contributed by atoms with van der Waals surface area (Å²) in [6.07, 6.45) is 7.97. The smallest absolute Gasteiger partial charge is 0.237 e. The van der Waals surface area contributed by atoms with E-state index in [1.807, 2.05) is 13.0 Å². The van der Waals surface area contributed by atoms with Crippen LogP contribution in [0.3, 0.4) is 0 Å². The molecule has 0 aromatic rings. The molecule has 0 bridgehead atoms. The maximum atomic E-state index is 11.6. The minimum atomic E-state index is -0.510. The van der Waals surface area contributed by atoms with Crippen molar-refractivity contribution >= 4 is 5.91 Å². The highest BCUT2D eigenvalue weighted by molar-refractivity contribution is 5.80. The second-order valence-electron chi connectivity index (χ2n) is 4.89. The van der Waals surface area contributed by atoms with Crippen molar-refractivity contribution in [2.45, 2.75) is 58.0 Å². The van der Waals surface area contributed by atoms with E-state index < -0.39 is 5.92 Å². The lowest BCUT2D eigenvalue weighted by atomic mass is 9.98. The summed E-state index contributed by atoms with van der Waals surface area (Å²) in [5.74, 6) is -0.670. The van der Waals surface area contributed by atoms with Gasteiger partial charge in [-0.05, 0) is 19.3 Å². The van der Waals surface area contributed by atoms with Crippen LogP contribution in [0.15, 0.2) is 0 Å². The number of hydrogen-bond acceptors (Lipinski definition) is 3. The monoisotopic (exact) mass is 252 g/mol. The summed E-state index contributed by atoms with van der Waals surface area (Å²) in [7, 11) is 0. The summed E-state index contributed by atoms with van der Waals surface area (Å²) in [4.78, 5) is 11.6. The summed E-state index contributed by atoms with van der Waals surface area (Å²) < 4.78 is 5.71. The van der Waals surface area contributed by atoms with Gasteiger partial charge in [0.15, 0.2) is 0 Å². The molecule has 0 aromatic carbocycles. The average Bonchev–Trinajstić information content (AvgIpc) is 2.42. The van der Waals surface area contributed by atoms with Crippen molar-refractivity contribution in [1.29, 1.82) is 5.26 Å². The molecule has 1 unspecified atom stereocenters. The van der Waals surface area contributed by atoms with Crippen LogP contribution in [-0.4, -0.2) is 25.2 Å². The first-order chi connectivity index (χ1) is 8.77. The van der Waals surface area contributed by atoms with Gasteiger partial charge in [-0.1, -0.05) is 32.6 Å². The predicted octanol–water partition coefficient (Wildman–Crippen LogP) is 2.39. The van der Waals surface area contributed by atoms with Gasteiger partial charge in [0.1, 0.15) is 5.92 Å². The lowest BCUT2D eigenvalue weighted by Gasteiger charge is -2.22. The molecule has 4 heteroatoms. The maximum absolute atomic E-state index is 11.6. The highest BCUT2D eigenvalue weighted by atomic mass is 16.5. The number of nitriles is 1. The van der Waals surface area contributed by atoms with Crippen molar-refractivity contribution in [2.75, 3.05) is 13.2 Å². The molecular weight excluding hydrogens is 228 g/mol. The van der Waals surface area contributed by atoms with E-state index in [0.29, 0.717) is 25.7 Å². The van der Waals surface area contributed by atoms with E-state index in [1.165, 1.54) is 19.3 Å². The Morgan fingerprint density at radius 3 is 2.78 bits per heavy atom. The Bertz CT molecular complexity index is 280. The molecule has 18 heavy (non-hydrogen) atoms. The third kappa shape index (κ3) is 5.50. The minimum Gasteiger partial charge on any atom is -0.376 e. The Kier molecular flexibility index (Phi) is 7.43. The summed E-state index contributed by atoms with van der Waals surface area (Å²) in [5, 5.41) is 11.6. The van der Waals surface area contributed by atoms with Crippen molar-refractivity contribution in [3.8, 4) is 6.07 Å². The molecule has 0 heterocycles. The number of carbonyl (C=O) groups is 1. The summed E-state index contributed by atoms with van der Waals surface area (Å²) >= 11 is 0. The number of ether oxygens (including phenoxy) is 1. The number of nitrogens with zero attached hydrogens (tertiary/aromatic N) is 1. The van der Waals surface area contributed by atoms with Crippen LogP contribution in [-0.2, 0) is 9.53 Å². The molecule has 1 aliphatic rings. The summed E-state index contributed by atoms with van der Waals surface area (Å²) in [5.41, 5.74) is 0. The number of nitrogens with one attached hydrogen (secondary N) is 1. The fraction of sp³-hybridized carbons (Fsp3) is 0.857. The summed E-state index contributed by atoms with van der Waals surface area (Å²) in [6.45, 7) is 3.04. The van der Waals surface area contributed by atoms with Crippen LogP contribution in [0.2, 0.25) is 0 Å². The number of carbonyl (C=O) groups excluding carboxylic acids is 1. The van der Waals surface area contributed by atoms with E-state index in [1.54, 1.807) is 0 Å². The molecule has 1 rings (SSSR count). The van der Waals surface area contributed by atoms with Gasteiger partial charge in [0.05, 0.1) is 18.8 Å². The van der Waals surface area contributed by atoms with E-state index in [4.69, 9.17) is 10.00 Å². The van der Waals surface area contributed by atoms with E-state index in [0.717, 1.165) is 19.3 Å². The quantitative estimate of drug-likeness (QED) is 0.708. The summed E-state index contributed by atoms with van der Waals surface area (Å²) in [6, 6.07) is 2.04. The largest absolute Gasteiger partial charge is 0.376 e. The number of rotatable bonds is 7.